The topological polar surface area (TPSA) is 69.6 Å². The first kappa shape index (κ1) is 19.0. The summed E-state index contributed by atoms with van der Waals surface area (Å²) in [5.41, 5.74) is 1.87. The lowest BCUT2D eigenvalue weighted by Crippen LogP contribution is -2.51. The van der Waals surface area contributed by atoms with E-state index in [-0.39, 0.29) is 18.2 Å². The van der Waals surface area contributed by atoms with Gasteiger partial charge in [-0.3, -0.25) is 4.79 Å². The van der Waals surface area contributed by atoms with Crippen LogP contribution in [0.25, 0.3) is 22.3 Å². The lowest BCUT2D eigenvalue weighted by Gasteiger charge is -2.35. The Morgan fingerprint density at radius 3 is 2.45 bits per heavy atom. The molecule has 0 saturated carbocycles. The van der Waals surface area contributed by atoms with Gasteiger partial charge < -0.3 is 14.9 Å². The first-order valence-corrected chi connectivity index (χ1v) is 9.96. The van der Waals surface area contributed by atoms with E-state index in [1.807, 2.05) is 35.2 Å². The molecule has 3 aromatic carbocycles. The second-order valence-corrected chi connectivity index (χ2v) is 7.35. The molecule has 31 heavy (non-hydrogen) atoms. The Labute approximate surface area is 178 Å². The lowest BCUT2D eigenvalue weighted by atomic mass is 10.1. The highest BCUT2D eigenvalue weighted by atomic mass is 19.1. The molecular formula is C24H19FN4O2. The Morgan fingerprint density at radius 2 is 1.68 bits per heavy atom. The Bertz CT molecular complexity index is 1280. The molecule has 1 aliphatic heterocycles. The molecule has 1 saturated heterocycles. The highest BCUT2D eigenvalue weighted by Crippen LogP contribution is 2.32. The Balaban J connectivity index is 1.57. The van der Waals surface area contributed by atoms with E-state index >= 15 is 0 Å². The standard InChI is InChI=1S/C24H19FN4O2/c25-16-10-11-20-19(14-16)24(27-23(26-20)18-8-4-5-9-21(18)30)28-12-13-29(22(31)15-28)17-6-2-1-3-7-17/h1-11,14,30H,12-13,15H2. The maximum absolute atomic E-state index is 14.0. The molecule has 0 bridgehead atoms. The zero-order valence-electron chi connectivity index (χ0n) is 16.6. The van der Waals surface area contributed by atoms with E-state index in [9.17, 15) is 14.3 Å². The van der Waals surface area contributed by atoms with Gasteiger partial charge in [-0.05, 0) is 42.5 Å². The van der Waals surface area contributed by atoms with Gasteiger partial charge in [0.2, 0.25) is 5.91 Å². The largest absolute Gasteiger partial charge is 0.507 e. The van der Waals surface area contributed by atoms with Crippen LogP contribution in [-0.2, 0) is 4.79 Å². The van der Waals surface area contributed by atoms with Gasteiger partial charge in [0.25, 0.3) is 0 Å². The number of hydrogen-bond acceptors (Lipinski definition) is 5. The van der Waals surface area contributed by atoms with E-state index < -0.39 is 5.82 Å². The quantitative estimate of drug-likeness (QED) is 0.549. The summed E-state index contributed by atoms with van der Waals surface area (Å²) in [5.74, 6) is 0.389. The van der Waals surface area contributed by atoms with Crippen molar-refractivity contribution >= 4 is 28.3 Å². The second-order valence-electron chi connectivity index (χ2n) is 7.35. The summed E-state index contributed by atoms with van der Waals surface area (Å²) < 4.78 is 14.0. The van der Waals surface area contributed by atoms with E-state index in [2.05, 4.69) is 9.97 Å². The van der Waals surface area contributed by atoms with Crippen molar-refractivity contribution in [2.45, 2.75) is 0 Å². The van der Waals surface area contributed by atoms with Crippen LogP contribution in [0.3, 0.4) is 0 Å². The molecule has 5 rings (SSSR count). The molecule has 2 heterocycles. The molecular weight excluding hydrogens is 395 g/mol. The zero-order valence-corrected chi connectivity index (χ0v) is 16.6. The van der Waals surface area contributed by atoms with Crippen LogP contribution in [0.1, 0.15) is 0 Å². The van der Waals surface area contributed by atoms with Gasteiger partial charge in [0.15, 0.2) is 5.82 Å². The summed E-state index contributed by atoms with van der Waals surface area (Å²) in [6, 6.07) is 20.6. The van der Waals surface area contributed by atoms with Crippen LogP contribution in [0.5, 0.6) is 5.75 Å². The van der Waals surface area contributed by atoms with Gasteiger partial charge >= 0.3 is 0 Å². The number of piperazine rings is 1. The zero-order chi connectivity index (χ0) is 21.4. The second kappa shape index (κ2) is 7.68. The molecule has 6 nitrogen and oxygen atoms in total. The number of rotatable bonds is 3. The average molecular weight is 414 g/mol. The Morgan fingerprint density at radius 1 is 0.903 bits per heavy atom. The van der Waals surface area contributed by atoms with Crippen LogP contribution < -0.4 is 9.80 Å². The number of carbonyl (C=O) groups is 1. The first-order chi connectivity index (χ1) is 15.1. The molecule has 0 aliphatic carbocycles. The summed E-state index contributed by atoms with van der Waals surface area (Å²) >= 11 is 0. The average Bonchev–Trinajstić information content (AvgIpc) is 2.79. The third-order valence-corrected chi connectivity index (χ3v) is 5.37. The van der Waals surface area contributed by atoms with E-state index in [1.54, 1.807) is 35.2 Å². The van der Waals surface area contributed by atoms with Gasteiger partial charge in [0, 0.05) is 24.2 Å². The number of benzene rings is 3. The minimum atomic E-state index is -0.401. The Kier molecular flexibility index (Phi) is 4.71. The van der Waals surface area contributed by atoms with Crippen LogP contribution in [-0.4, -0.2) is 40.6 Å². The minimum Gasteiger partial charge on any atom is -0.507 e. The van der Waals surface area contributed by atoms with E-state index in [0.29, 0.717) is 41.2 Å². The predicted octanol–water partition coefficient (Wildman–Crippen LogP) is 3.99. The van der Waals surface area contributed by atoms with Crippen molar-refractivity contribution in [1.82, 2.24) is 9.97 Å². The number of amides is 1. The summed E-state index contributed by atoms with van der Waals surface area (Å²) in [6.07, 6.45) is 0. The minimum absolute atomic E-state index is 0.0554. The van der Waals surface area contributed by atoms with Crippen molar-refractivity contribution in [2.75, 3.05) is 29.4 Å². The number of halogens is 1. The predicted molar refractivity (Wildman–Crippen MR) is 118 cm³/mol. The lowest BCUT2D eigenvalue weighted by molar-refractivity contribution is -0.117. The van der Waals surface area contributed by atoms with Crippen LogP contribution in [0.4, 0.5) is 15.9 Å². The maximum atomic E-state index is 14.0. The summed E-state index contributed by atoms with van der Waals surface area (Å²) in [7, 11) is 0. The molecule has 0 spiro atoms. The number of phenolic OH excluding ortho intramolecular Hbond substituents is 1. The van der Waals surface area contributed by atoms with Crippen molar-refractivity contribution in [2.24, 2.45) is 0 Å². The highest BCUT2D eigenvalue weighted by molar-refractivity contribution is 6.00. The normalized spacial score (nSPS) is 14.3. The molecule has 7 heteroatoms. The molecule has 1 amide bonds. The smallest absolute Gasteiger partial charge is 0.246 e. The van der Waals surface area contributed by atoms with Crippen LogP contribution >= 0.6 is 0 Å². The monoisotopic (exact) mass is 414 g/mol. The van der Waals surface area contributed by atoms with Crippen molar-refractivity contribution < 1.29 is 14.3 Å². The number of anilines is 2. The number of para-hydroxylation sites is 2. The van der Waals surface area contributed by atoms with E-state index in [0.717, 1.165) is 5.69 Å². The third-order valence-electron chi connectivity index (χ3n) is 5.37. The highest BCUT2D eigenvalue weighted by Gasteiger charge is 2.27. The Hall–Kier alpha value is -4.00. The van der Waals surface area contributed by atoms with E-state index in [4.69, 9.17) is 0 Å². The number of phenols is 1. The maximum Gasteiger partial charge on any atom is 0.246 e. The summed E-state index contributed by atoms with van der Waals surface area (Å²) in [6.45, 7) is 1.12. The molecule has 1 N–H and O–H groups in total. The van der Waals surface area contributed by atoms with Crippen molar-refractivity contribution in [3.63, 3.8) is 0 Å². The number of fused-ring (bicyclic) bond motifs is 1. The molecule has 1 aromatic heterocycles. The molecule has 1 aliphatic rings. The van der Waals surface area contributed by atoms with Crippen molar-refractivity contribution in [3.05, 3.63) is 78.6 Å². The number of hydrogen-bond donors (Lipinski definition) is 1. The van der Waals surface area contributed by atoms with Crippen molar-refractivity contribution in [3.8, 4) is 17.1 Å². The summed E-state index contributed by atoms with van der Waals surface area (Å²) in [4.78, 5) is 25.7. The first-order valence-electron chi connectivity index (χ1n) is 9.96. The van der Waals surface area contributed by atoms with Gasteiger partial charge in [-0.1, -0.05) is 30.3 Å². The van der Waals surface area contributed by atoms with Crippen LogP contribution in [0.2, 0.25) is 0 Å². The molecule has 0 unspecified atom stereocenters. The number of aromatic nitrogens is 2. The van der Waals surface area contributed by atoms with Crippen LogP contribution in [0.15, 0.2) is 72.8 Å². The number of nitrogens with zero attached hydrogens (tertiary/aromatic N) is 4. The molecule has 4 aromatic rings. The number of aromatic hydroxyl groups is 1. The fraction of sp³-hybridized carbons (Fsp3) is 0.125. The molecule has 154 valence electrons. The SMILES string of the molecule is O=C1CN(c2nc(-c3ccccc3O)nc3ccc(F)cc23)CCN1c1ccccc1. The van der Waals surface area contributed by atoms with Crippen LogP contribution in [0, 0.1) is 5.82 Å². The van der Waals surface area contributed by atoms with Gasteiger partial charge in [-0.15, -0.1) is 0 Å². The fourth-order valence-corrected chi connectivity index (χ4v) is 3.84. The van der Waals surface area contributed by atoms with E-state index in [1.165, 1.54) is 12.1 Å². The summed E-state index contributed by atoms with van der Waals surface area (Å²) in [5, 5.41) is 10.8. The van der Waals surface area contributed by atoms with Gasteiger partial charge in [0.1, 0.15) is 17.4 Å². The third kappa shape index (κ3) is 3.54. The molecule has 0 atom stereocenters. The van der Waals surface area contributed by atoms with Gasteiger partial charge in [0.05, 0.1) is 17.6 Å². The number of carbonyl (C=O) groups excluding carboxylic acids is 1. The molecule has 1 fully saturated rings. The van der Waals surface area contributed by atoms with Gasteiger partial charge in [-0.25, -0.2) is 14.4 Å². The van der Waals surface area contributed by atoms with Gasteiger partial charge in [-0.2, -0.15) is 0 Å². The molecule has 0 radical (unpaired) electrons. The van der Waals surface area contributed by atoms with Crippen molar-refractivity contribution in [1.29, 1.82) is 0 Å². The fourth-order valence-electron chi connectivity index (χ4n) is 3.84.